The Balaban J connectivity index is 1.86. The van der Waals surface area contributed by atoms with Crippen LogP contribution in [0.25, 0.3) is 0 Å². The van der Waals surface area contributed by atoms with E-state index in [1.165, 1.54) is 0 Å². The first-order valence-corrected chi connectivity index (χ1v) is 8.47. The molecule has 2 aromatic rings. The van der Waals surface area contributed by atoms with E-state index >= 15 is 0 Å². The van der Waals surface area contributed by atoms with E-state index in [0.717, 1.165) is 24.4 Å². The summed E-state index contributed by atoms with van der Waals surface area (Å²) >= 11 is 0. The van der Waals surface area contributed by atoms with Gasteiger partial charge in [0.15, 0.2) is 17.3 Å². The Labute approximate surface area is 142 Å². The maximum Gasteiger partial charge on any atom is 0.199 e. The fourth-order valence-electron chi connectivity index (χ4n) is 3.03. The summed E-state index contributed by atoms with van der Waals surface area (Å²) in [5.41, 5.74) is 2.06. The molecule has 0 saturated heterocycles. The molecule has 0 saturated carbocycles. The number of aliphatic hydroxyl groups excluding tert-OH is 1. The van der Waals surface area contributed by atoms with Crippen LogP contribution in [-0.4, -0.2) is 23.5 Å². The van der Waals surface area contributed by atoms with Crippen molar-refractivity contribution in [2.24, 2.45) is 0 Å². The highest BCUT2D eigenvalue weighted by Gasteiger charge is 2.36. The molecule has 4 nitrogen and oxygen atoms in total. The highest BCUT2D eigenvalue weighted by atomic mass is 16.6. The predicted molar refractivity (Wildman–Crippen MR) is 95.0 cm³/mol. The summed E-state index contributed by atoms with van der Waals surface area (Å²) in [5, 5.41) is 10.3. The van der Waals surface area contributed by atoms with Crippen molar-refractivity contribution in [2.45, 2.75) is 39.3 Å². The van der Waals surface area contributed by atoms with Crippen LogP contribution in [0, 0.1) is 0 Å². The molecule has 0 amide bonds. The summed E-state index contributed by atoms with van der Waals surface area (Å²) in [7, 11) is 0. The Morgan fingerprint density at radius 1 is 1.12 bits per heavy atom. The maximum absolute atomic E-state index is 12.6. The number of nitrogens with zero attached hydrogens (tertiary/aromatic N) is 1. The van der Waals surface area contributed by atoms with E-state index in [0.29, 0.717) is 22.9 Å². The average Bonchev–Trinajstić information content (AvgIpc) is 3.42. The molecule has 24 heavy (non-hydrogen) atoms. The fraction of sp³-hybridized carbons (Fsp3) is 0.350. The summed E-state index contributed by atoms with van der Waals surface area (Å²) in [6.45, 7) is 7.32. The van der Waals surface area contributed by atoms with Crippen molar-refractivity contribution in [2.75, 3.05) is 11.4 Å². The lowest BCUT2D eigenvalue weighted by Gasteiger charge is -2.28. The van der Waals surface area contributed by atoms with Gasteiger partial charge in [-0.1, -0.05) is 37.3 Å². The van der Waals surface area contributed by atoms with Crippen LogP contribution in [0.1, 0.15) is 49.2 Å². The number of hydrogen-bond acceptors (Lipinski definition) is 4. The van der Waals surface area contributed by atoms with E-state index in [1.807, 2.05) is 24.3 Å². The van der Waals surface area contributed by atoms with E-state index in [2.05, 4.69) is 25.7 Å². The molecule has 2 unspecified atom stereocenters. The van der Waals surface area contributed by atoms with Crippen molar-refractivity contribution in [3.8, 4) is 11.5 Å². The predicted octanol–water partition coefficient (Wildman–Crippen LogP) is 4.33. The highest BCUT2D eigenvalue weighted by molar-refractivity contribution is 6.05. The van der Waals surface area contributed by atoms with E-state index in [-0.39, 0.29) is 5.78 Å². The fourth-order valence-corrected chi connectivity index (χ4v) is 3.03. The zero-order valence-corrected chi connectivity index (χ0v) is 14.3. The third-order valence-corrected chi connectivity index (χ3v) is 4.66. The van der Waals surface area contributed by atoms with Gasteiger partial charge in [0.25, 0.3) is 0 Å². The molecule has 0 radical (unpaired) electrons. The molecule has 0 aliphatic carbocycles. The van der Waals surface area contributed by atoms with Crippen LogP contribution in [-0.2, 0) is 0 Å². The first-order valence-electron chi connectivity index (χ1n) is 8.47. The minimum atomic E-state index is -1.16. The van der Waals surface area contributed by atoms with Crippen molar-refractivity contribution in [3.05, 3.63) is 53.6 Å². The van der Waals surface area contributed by atoms with Crippen LogP contribution in [0.15, 0.2) is 42.5 Å². The van der Waals surface area contributed by atoms with Gasteiger partial charge >= 0.3 is 0 Å². The van der Waals surface area contributed by atoms with Crippen molar-refractivity contribution >= 4 is 11.5 Å². The number of carbonyl (C=O) groups excluding carboxylic acids is 1. The molecule has 126 valence electrons. The third kappa shape index (κ3) is 2.89. The van der Waals surface area contributed by atoms with Gasteiger partial charge in [-0.15, -0.1) is 0 Å². The Bertz CT molecular complexity index is 742. The second-order valence-electron chi connectivity index (χ2n) is 6.11. The largest absolute Gasteiger partial charge is 0.446 e. The second kappa shape index (κ2) is 6.65. The van der Waals surface area contributed by atoms with Gasteiger partial charge in [-0.2, -0.15) is 0 Å². The molecule has 0 fully saturated rings. The molecule has 0 aromatic heterocycles. The molecule has 0 spiro atoms. The monoisotopic (exact) mass is 325 g/mol. The molecular weight excluding hydrogens is 302 g/mol. The number of Topliss-reactive ketones (excluding diaryl/α,β-unsaturated/α-hetero) is 1. The topological polar surface area (TPSA) is 53.1 Å². The molecule has 2 atom stereocenters. The first kappa shape index (κ1) is 16.5. The number of anilines is 1. The summed E-state index contributed by atoms with van der Waals surface area (Å²) in [5.74, 6) is 1.05. The van der Waals surface area contributed by atoms with Crippen molar-refractivity contribution in [3.63, 3.8) is 0 Å². The van der Waals surface area contributed by atoms with Gasteiger partial charge in [0.1, 0.15) is 6.10 Å². The molecule has 3 rings (SSSR count). The number of benzene rings is 2. The number of hydrogen-bond donors (Lipinski definition) is 1. The van der Waals surface area contributed by atoms with Crippen LogP contribution in [0.4, 0.5) is 5.69 Å². The first-order chi connectivity index (χ1) is 11.6. The molecule has 0 bridgehead atoms. The lowest BCUT2D eigenvalue weighted by molar-refractivity contribution is 0.0747. The molecular formula is C20H23NO3. The summed E-state index contributed by atoms with van der Waals surface area (Å²) in [6.07, 6.45) is -0.127. The van der Waals surface area contributed by atoms with Crippen molar-refractivity contribution in [1.29, 1.82) is 0 Å². The zero-order valence-electron chi connectivity index (χ0n) is 14.3. The third-order valence-electron chi connectivity index (χ3n) is 4.66. The second-order valence-corrected chi connectivity index (χ2v) is 6.11. The highest BCUT2D eigenvalue weighted by Crippen LogP contribution is 2.55. The van der Waals surface area contributed by atoms with Crippen molar-refractivity contribution in [1.82, 2.24) is 0 Å². The van der Waals surface area contributed by atoms with E-state index in [9.17, 15) is 9.90 Å². The lowest BCUT2D eigenvalue weighted by Crippen LogP contribution is -2.31. The van der Waals surface area contributed by atoms with Gasteiger partial charge in [-0.25, -0.2) is 0 Å². The van der Waals surface area contributed by atoms with Crippen molar-refractivity contribution < 1.29 is 14.6 Å². The number of rotatable bonds is 7. The van der Waals surface area contributed by atoms with Gasteiger partial charge < -0.3 is 14.7 Å². The van der Waals surface area contributed by atoms with Crippen LogP contribution in [0.3, 0.4) is 0 Å². The molecule has 1 aliphatic rings. The number of carbonyl (C=O) groups is 1. The van der Waals surface area contributed by atoms with Crippen LogP contribution in [0.2, 0.25) is 0 Å². The molecule has 1 heterocycles. The SMILES string of the molecule is CCC(C)N(CC)c1ccc(C(=O)C(O)c2ccccc2)c2c1O2. The number of aliphatic hydroxyl groups is 1. The lowest BCUT2D eigenvalue weighted by atomic mass is 9.99. The summed E-state index contributed by atoms with van der Waals surface area (Å²) < 4.78 is 5.61. The van der Waals surface area contributed by atoms with Crippen LogP contribution < -0.4 is 9.64 Å². The standard InChI is InChI=1S/C20H23NO3/c1-4-13(3)21(5-2)16-12-11-15(19-20(16)24-19)18(23)17(22)14-9-7-6-8-10-14/h6-13,17,22H,4-5H2,1-3H3. The van der Waals surface area contributed by atoms with E-state index in [4.69, 9.17) is 4.74 Å². The smallest absolute Gasteiger partial charge is 0.199 e. The Hall–Kier alpha value is -2.33. The van der Waals surface area contributed by atoms with E-state index < -0.39 is 6.10 Å². The normalized spacial score (nSPS) is 14.3. The van der Waals surface area contributed by atoms with Gasteiger partial charge in [0, 0.05) is 12.6 Å². The quantitative estimate of drug-likeness (QED) is 0.519. The minimum Gasteiger partial charge on any atom is -0.446 e. The van der Waals surface area contributed by atoms with Crippen LogP contribution >= 0.6 is 0 Å². The molecule has 1 N–H and O–H groups in total. The van der Waals surface area contributed by atoms with E-state index in [1.54, 1.807) is 18.2 Å². The van der Waals surface area contributed by atoms with Gasteiger partial charge in [-0.3, -0.25) is 4.79 Å². The Morgan fingerprint density at radius 2 is 1.83 bits per heavy atom. The molecule has 2 aromatic carbocycles. The number of fused-ring (bicyclic) bond motifs is 1. The summed E-state index contributed by atoms with van der Waals surface area (Å²) in [6, 6.07) is 13.1. The number of ketones is 1. The minimum absolute atomic E-state index is 0.326. The molecule has 1 aliphatic heterocycles. The number of ether oxygens (including phenoxy) is 1. The van der Waals surface area contributed by atoms with Crippen LogP contribution in [0.5, 0.6) is 11.5 Å². The summed E-state index contributed by atoms with van der Waals surface area (Å²) in [4.78, 5) is 14.9. The average molecular weight is 325 g/mol. The maximum atomic E-state index is 12.6. The Kier molecular flexibility index (Phi) is 4.58. The zero-order chi connectivity index (χ0) is 17.3. The van der Waals surface area contributed by atoms with Gasteiger partial charge in [-0.05, 0) is 38.0 Å². The Morgan fingerprint density at radius 3 is 2.46 bits per heavy atom. The molecule has 4 heteroatoms. The van der Waals surface area contributed by atoms with Gasteiger partial charge in [0.05, 0.1) is 11.3 Å². The van der Waals surface area contributed by atoms with Gasteiger partial charge in [0.2, 0.25) is 0 Å².